The Balaban J connectivity index is 1.69. The van der Waals surface area contributed by atoms with Gasteiger partial charge in [0.05, 0.1) is 21.8 Å². The van der Waals surface area contributed by atoms with E-state index in [2.05, 4.69) is 4.98 Å². The summed E-state index contributed by atoms with van der Waals surface area (Å²) in [4.78, 5) is 16.1. The maximum absolute atomic E-state index is 11.6. The van der Waals surface area contributed by atoms with Crippen molar-refractivity contribution in [3.63, 3.8) is 0 Å². The van der Waals surface area contributed by atoms with Gasteiger partial charge in [0, 0.05) is 21.0 Å². The van der Waals surface area contributed by atoms with Crippen molar-refractivity contribution >= 4 is 63.8 Å². The minimum atomic E-state index is -1.05. The van der Waals surface area contributed by atoms with Gasteiger partial charge in [-0.05, 0) is 66.7 Å². The average molecular weight is 445 g/mol. The Morgan fingerprint density at radius 1 is 0.931 bits per heavy atom. The lowest BCUT2D eigenvalue weighted by atomic mass is 10.1. The van der Waals surface area contributed by atoms with Gasteiger partial charge in [-0.1, -0.05) is 34.8 Å². The third kappa shape index (κ3) is 4.15. The summed E-state index contributed by atoms with van der Waals surface area (Å²) in [5, 5.41) is 11.5. The van der Waals surface area contributed by atoms with Gasteiger partial charge in [0.2, 0.25) is 0 Å². The quantitative estimate of drug-likeness (QED) is 0.358. The van der Waals surface area contributed by atoms with E-state index in [0.717, 1.165) is 0 Å². The molecule has 0 aliphatic rings. The van der Waals surface area contributed by atoms with Gasteiger partial charge in [-0.2, -0.15) is 0 Å². The molecular weight excluding hydrogens is 433 g/mol. The van der Waals surface area contributed by atoms with Crippen LogP contribution in [0.5, 0.6) is 0 Å². The van der Waals surface area contributed by atoms with Gasteiger partial charge in [0.15, 0.2) is 0 Å². The number of carbonyl (C=O) groups is 1. The number of fused-ring (bicyclic) bond motifs is 1. The van der Waals surface area contributed by atoms with Crippen molar-refractivity contribution in [2.75, 3.05) is 0 Å². The van der Waals surface area contributed by atoms with Crippen molar-refractivity contribution in [3.8, 4) is 11.3 Å². The number of hydrogen-bond acceptors (Lipinski definition) is 3. The highest BCUT2D eigenvalue weighted by molar-refractivity contribution is 6.35. The standard InChI is InChI=1S/C22H12Cl3NO3/c23-12-1-6-19(25)18(10-12)21-8-5-15(29-21)4-3-14-11-17(22(27)28)16-9-13(24)2-7-20(16)26-14/h1-11H,(H,27,28). The second kappa shape index (κ2) is 7.91. The number of nitrogens with zero attached hydrogens (tertiary/aromatic N) is 1. The molecule has 2 heterocycles. The van der Waals surface area contributed by atoms with Crippen molar-refractivity contribution in [2.45, 2.75) is 0 Å². The van der Waals surface area contributed by atoms with Crippen LogP contribution in [0.2, 0.25) is 15.1 Å². The Bertz CT molecular complexity index is 1280. The third-order valence-electron chi connectivity index (χ3n) is 4.26. The Labute approximate surface area is 181 Å². The van der Waals surface area contributed by atoms with Crippen LogP contribution < -0.4 is 0 Å². The maximum Gasteiger partial charge on any atom is 0.336 e. The van der Waals surface area contributed by atoms with Gasteiger partial charge in [-0.15, -0.1) is 0 Å². The Morgan fingerprint density at radius 2 is 1.69 bits per heavy atom. The zero-order chi connectivity index (χ0) is 20.5. The number of benzene rings is 2. The van der Waals surface area contributed by atoms with Gasteiger partial charge in [-0.3, -0.25) is 0 Å². The molecule has 0 radical (unpaired) electrons. The van der Waals surface area contributed by atoms with Gasteiger partial charge < -0.3 is 9.52 Å². The topological polar surface area (TPSA) is 63.3 Å². The van der Waals surface area contributed by atoms with Gasteiger partial charge in [0.25, 0.3) is 0 Å². The van der Waals surface area contributed by atoms with Crippen LogP contribution in [0.15, 0.2) is 59.0 Å². The smallest absolute Gasteiger partial charge is 0.336 e. The fraction of sp³-hybridized carbons (Fsp3) is 0. The molecule has 0 unspecified atom stereocenters. The summed E-state index contributed by atoms with van der Waals surface area (Å²) in [5.41, 5.74) is 1.84. The summed E-state index contributed by atoms with van der Waals surface area (Å²) in [6.45, 7) is 0. The predicted molar refractivity (Wildman–Crippen MR) is 117 cm³/mol. The van der Waals surface area contributed by atoms with Gasteiger partial charge in [-0.25, -0.2) is 9.78 Å². The molecule has 29 heavy (non-hydrogen) atoms. The van der Waals surface area contributed by atoms with E-state index < -0.39 is 5.97 Å². The van der Waals surface area contributed by atoms with E-state index in [9.17, 15) is 9.90 Å². The summed E-state index contributed by atoms with van der Waals surface area (Å²) in [5.74, 6) is 0.0839. The van der Waals surface area contributed by atoms with E-state index in [1.165, 1.54) is 6.07 Å². The zero-order valence-electron chi connectivity index (χ0n) is 14.7. The first-order chi connectivity index (χ1) is 13.9. The minimum Gasteiger partial charge on any atom is -0.478 e. The number of aromatic nitrogens is 1. The lowest BCUT2D eigenvalue weighted by Crippen LogP contribution is -2.00. The van der Waals surface area contributed by atoms with Crippen molar-refractivity contribution < 1.29 is 14.3 Å². The fourth-order valence-electron chi connectivity index (χ4n) is 2.92. The molecule has 0 spiro atoms. The molecule has 0 saturated carbocycles. The molecule has 4 aromatic rings. The molecule has 0 amide bonds. The first-order valence-corrected chi connectivity index (χ1v) is 9.61. The van der Waals surface area contributed by atoms with Crippen molar-refractivity contribution in [1.82, 2.24) is 4.98 Å². The highest BCUT2D eigenvalue weighted by Crippen LogP contribution is 2.32. The summed E-state index contributed by atoms with van der Waals surface area (Å²) in [6, 6.07) is 15.1. The van der Waals surface area contributed by atoms with Crippen LogP contribution in [0.1, 0.15) is 21.8 Å². The summed E-state index contributed by atoms with van der Waals surface area (Å²) < 4.78 is 5.82. The second-order valence-electron chi connectivity index (χ2n) is 6.22. The number of carboxylic acid groups (broad SMARTS) is 1. The lowest BCUT2D eigenvalue weighted by molar-refractivity contribution is 0.0699. The van der Waals surface area contributed by atoms with Crippen LogP contribution in [0, 0.1) is 0 Å². The molecule has 0 atom stereocenters. The van der Waals surface area contributed by atoms with E-state index in [-0.39, 0.29) is 5.56 Å². The summed E-state index contributed by atoms with van der Waals surface area (Å²) in [7, 11) is 0. The number of pyridine rings is 1. The normalized spacial score (nSPS) is 11.4. The van der Waals surface area contributed by atoms with Crippen LogP contribution in [-0.2, 0) is 0 Å². The largest absolute Gasteiger partial charge is 0.478 e. The van der Waals surface area contributed by atoms with Crippen LogP contribution >= 0.6 is 34.8 Å². The molecule has 7 heteroatoms. The molecule has 144 valence electrons. The Morgan fingerprint density at radius 3 is 2.48 bits per heavy atom. The Hall–Kier alpha value is -2.79. The summed E-state index contributed by atoms with van der Waals surface area (Å²) >= 11 is 18.2. The lowest BCUT2D eigenvalue weighted by Gasteiger charge is -2.05. The molecule has 4 nitrogen and oxygen atoms in total. The number of rotatable bonds is 4. The summed E-state index contributed by atoms with van der Waals surface area (Å²) in [6.07, 6.45) is 3.39. The van der Waals surface area contributed by atoms with Crippen LogP contribution in [0.25, 0.3) is 34.4 Å². The minimum absolute atomic E-state index is 0.128. The SMILES string of the molecule is O=C(O)c1cc(C=Cc2ccc(-c3cc(Cl)ccc3Cl)o2)nc2ccc(Cl)cc12. The first-order valence-electron chi connectivity index (χ1n) is 8.47. The molecule has 2 aromatic carbocycles. The predicted octanol–water partition coefficient (Wildman–Crippen LogP) is 7.32. The number of halogens is 3. The monoisotopic (exact) mass is 443 g/mol. The third-order valence-corrected chi connectivity index (χ3v) is 5.06. The van der Waals surface area contributed by atoms with Crippen molar-refractivity contribution in [3.05, 3.63) is 86.7 Å². The fourth-order valence-corrected chi connectivity index (χ4v) is 3.48. The van der Waals surface area contributed by atoms with Crippen molar-refractivity contribution in [2.24, 2.45) is 0 Å². The second-order valence-corrected chi connectivity index (χ2v) is 7.50. The Kier molecular flexibility index (Phi) is 5.33. The van der Waals surface area contributed by atoms with Crippen LogP contribution in [0.4, 0.5) is 0 Å². The highest BCUT2D eigenvalue weighted by Gasteiger charge is 2.12. The van der Waals surface area contributed by atoms with E-state index in [1.807, 2.05) is 0 Å². The molecule has 0 aliphatic carbocycles. The zero-order valence-corrected chi connectivity index (χ0v) is 17.0. The van der Waals surface area contributed by atoms with Gasteiger partial charge in [0.1, 0.15) is 11.5 Å². The van der Waals surface area contributed by atoms with Crippen LogP contribution in [0.3, 0.4) is 0 Å². The molecule has 4 rings (SSSR count). The number of furan rings is 1. The highest BCUT2D eigenvalue weighted by atomic mass is 35.5. The van der Waals surface area contributed by atoms with Crippen LogP contribution in [-0.4, -0.2) is 16.1 Å². The van der Waals surface area contributed by atoms with E-state index in [0.29, 0.717) is 48.7 Å². The molecular formula is C22H12Cl3NO3. The number of hydrogen-bond donors (Lipinski definition) is 1. The van der Waals surface area contributed by atoms with E-state index in [1.54, 1.807) is 60.7 Å². The number of aromatic carboxylic acids is 1. The number of carboxylic acids is 1. The van der Waals surface area contributed by atoms with Crippen molar-refractivity contribution in [1.29, 1.82) is 0 Å². The maximum atomic E-state index is 11.6. The van der Waals surface area contributed by atoms with E-state index >= 15 is 0 Å². The van der Waals surface area contributed by atoms with Gasteiger partial charge >= 0.3 is 5.97 Å². The molecule has 1 N–H and O–H groups in total. The molecule has 2 aromatic heterocycles. The van der Waals surface area contributed by atoms with E-state index in [4.69, 9.17) is 39.2 Å². The molecule has 0 fully saturated rings. The molecule has 0 bridgehead atoms. The molecule has 0 saturated heterocycles. The first kappa shape index (κ1) is 19.5. The molecule has 0 aliphatic heterocycles. The average Bonchev–Trinajstić information content (AvgIpc) is 3.16.